The summed E-state index contributed by atoms with van der Waals surface area (Å²) in [7, 11) is 0. The number of hydrogen-bond donors (Lipinski definition) is 1. The van der Waals surface area contributed by atoms with E-state index in [9.17, 15) is 0 Å². The van der Waals surface area contributed by atoms with Crippen LogP contribution in [0.3, 0.4) is 0 Å². The molecule has 90 valence electrons. The number of nitrogens with zero attached hydrogens (tertiary/aromatic N) is 2. The first-order valence-corrected chi connectivity index (χ1v) is 5.90. The van der Waals surface area contributed by atoms with Gasteiger partial charge in [-0.1, -0.05) is 13.8 Å². The second-order valence-electron chi connectivity index (χ2n) is 5.04. The Hall–Kier alpha value is -1.25. The normalized spacial score (nSPS) is 11.2. The van der Waals surface area contributed by atoms with Crippen LogP contribution in [0.2, 0.25) is 0 Å². The van der Waals surface area contributed by atoms with Crippen LogP contribution in [0.25, 0.3) is 0 Å². The molecule has 0 bridgehead atoms. The molecule has 3 nitrogen and oxygen atoms in total. The van der Waals surface area contributed by atoms with Crippen molar-refractivity contribution >= 4 is 11.5 Å². The van der Waals surface area contributed by atoms with Gasteiger partial charge in [0.25, 0.3) is 0 Å². The summed E-state index contributed by atoms with van der Waals surface area (Å²) < 4.78 is 0. The highest BCUT2D eigenvalue weighted by Gasteiger charge is 2.13. The Balaban J connectivity index is 2.97. The van der Waals surface area contributed by atoms with Gasteiger partial charge in [0.15, 0.2) is 0 Å². The van der Waals surface area contributed by atoms with Gasteiger partial charge in [-0.3, -0.25) is 0 Å². The molecule has 0 saturated carbocycles. The summed E-state index contributed by atoms with van der Waals surface area (Å²) in [5.74, 6) is 1.60. The van der Waals surface area contributed by atoms with Gasteiger partial charge in [-0.15, -0.1) is 0 Å². The molecule has 1 aromatic rings. The van der Waals surface area contributed by atoms with E-state index >= 15 is 0 Å². The Morgan fingerprint density at radius 3 is 2.38 bits per heavy atom. The molecule has 1 heterocycles. The number of nitrogen functional groups attached to an aromatic ring is 1. The van der Waals surface area contributed by atoms with Gasteiger partial charge in [0.1, 0.15) is 5.82 Å². The standard InChI is InChI=1S/C13H23N3/c1-9(2)8-16(10(3)4)13-6-12(14)11(5)7-15-13/h6-7,9-10H,8H2,1-5H3,(H2,14,15). The van der Waals surface area contributed by atoms with Crippen LogP contribution in [0.5, 0.6) is 0 Å². The predicted octanol–water partition coefficient (Wildman–Crippen LogP) is 2.84. The van der Waals surface area contributed by atoms with Gasteiger partial charge >= 0.3 is 0 Å². The quantitative estimate of drug-likeness (QED) is 0.850. The molecule has 0 unspecified atom stereocenters. The molecule has 0 aliphatic carbocycles. The van der Waals surface area contributed by atoms with E-state index in [1.165, 1.54) is 0 Å². The Morgan fingerprint density at radius 2 is 1.94 bits per heavy atom. The number of anilines is 2. The number of hydrogen-bond acceptors (Lipinski definition) is 3. The highest BCUT2D eigenvalue weighted by atomic mass is 15.2. The van der Waals surface area contributed by atoms with Gasteiger partial charge in [0, 0.05) is 30.5 Å². The van der Waals surface area contributed by atoms with Crippen molar-refractivity contribution in [1.29, 1.82) is 0 Å². The van der Waals surface area contributed by atoms with Crippen molar-refractivity contribution in [2.24, 2.45) is 5.92 Å². The number of aromatic nitrogens is 1. The minimum atomic E-state index is 0.442. The average Bonchev–Trinajstić information content (AvgIpc) is 2.18. The van der Waals surface area contributed by atoms with Crippen molar-refractivity contribution in [2.75, 3.05) is 17.2 Å². The molecule has 0 amide bonds. The summed E-state index contributed by atoms with van der Waals surface area (Å²) in [5.41, 5.74) is 7.78. The third kappa shape index (κ3) is 3.12. The molecule has 0 spiro atoms. The number of nitrogens with two attached hydrogens (primary N) is 1. The van der Waals surface area contributed by atoms with Crippen molar-refractivity contribution in [3.8, 4) is 0 Å². The minimum Gasteiger partial charge on any atom is -0.398 e. The van der Waals surface area contributed by atoms with Crippen molar-refractivity contribution in [1.82, 2.24) is 4.98 Å². The summed E-state index contributed by atoms with van der Waals surface area (Å²) >= 11 is 0. The average molecular weight is 221 g/mol. The zero-order valence-corrected chi connectivity index (χ0v) is 11.0. The third-order valence-corrected chi connectivity index (χ3v) is 2.61. The summed E-state index contributed by atoms with van der Waals surface area (Å²) in [6.45, 7) is 11.8. The molecule has 0 aliphatic heterocycles. The Labute approximate surface area is 98.7 Å². The first-order valence-electron chi connectivity index (χ1n) is 5.90. The van der Waals surface area contributed by atoms with Crippen LogP contribution in [-0.4, -0.2) is 17.6 Å². The topological polar surface area (TPSA) is 42.2 Å². The third-order valence-electron chi connectivity index (χ3n) is 2.61. The molecule has 0 atom stereocenters. The van der Waals surface area contributed by atoms with E-state index in [0.717, 1.165) is 23.6 Å². The van der Waals surface area contributed by atoms with E-state index < -0.39 is 0 Å². The van der Waals surface area contributed by atoms with E-state index in [1.54, 1.807) is 0 Å². The molecular weight excluding hydrogens is 198 g/mol. The zero-order chi connectivity index (χ0) is 12.3. The fourth-order valence-corrected chi connectivity index (χ4v) is 1.65. The van der Waals surface area contributed by atoms with Gasteiger partial charge in [0.05, 0.1) is 0 Å². The maximum atomic E-state index is 5.92. The van der Waals surface area contributed by atoms with Gasteiger partial charge < -0.3 is 10.6 Å². The van der Waals surface area contributed by atoms with Crippen molar-refractivity contribution in [2.45, 2.75) is 40.7 Å². The monoisotopic (exact) mass is 221 g/mol. The smallest absolute Gasteiger partial charge is 0.130 e. The lowest BCUT2D eigenvalue weighted by atomic mass is 10.1. The molecule has 0 aromatic carbocycles. The minimum absolute atomic E-state index is 0.442. The predicted molar refractivity (Wildman–Crippen MR) is 70.7 cm³/mol. The van der Waals surface area contributed by atoms with Crippen LogP contribution >= 0.6 is 0 Å². The van der Waals surface area contributed by atoms with E-state index in [-0.39, 0.29) is 0 Å². The van der Waals surface area contributed by atoms with Gasteiger partial charge in [-0.2, -0.15) is 0 Å². The number of aryl methyl sites for hydroxylation is 1. The van der Waals surface area contributed by atoms with Crippen molar-refractivity contribution in [3.05, 3.63) is 17.8 Å². The molecule has 0 saturated heterocycles. The van der Waals surface area contributed by atoms with Gasteiger partial charge in [-0.05, 0) is 32.3 Å². The molecule has 0 fully saturated rings. The van der Waals surface area contributed by atoms with E-state index in [4.69, 9.17) is 5.73 Å². The highest BCUT2D eigenvalue weighted by Crippen LogP contribution is 2.20. The second-order valence-corrected chi connectivity index (χ2v) is 5.04. The van der Waals surface area contributed by atoms with Crippen molar-refractivity contribution < 1.29 is 0 Å². The first-order chi connectivity index (χ1) is 7.41. The van der Waals surface area contributed by atoms with Crippen LogP contribution in [0.15, 0.2) is 12.3 Å². The van der Waals surface area contributed by atoms with Crippen LogP contribution in [0.1, 0.15) is 33.3 Å². The summed E-state index contributed by atoms with van der Waals surface area (Å²) in [6.07, 6.45) is 1.85. The molecule has 1 rings (SSSR count). The fraction of sp³-hybridized carbons (Fsp3) is 0.615. The van der Waals surface area contributed by atoms with Crippen LogP contribution in [0, 0.1) is 12.8 Å². The molecule has 0 radical (unpaired) electrons. The summed E-state index contributed by atoms with van der Waals surface area (Å²) in [5, 5.41) is 0. The Morgan fingerprint density at radius 1 is 1.31 bits per heavy atom. The van der Waals surface area contributed by atoms with Crippen LogP contribution in [-0.2, 0) is 0 Å². The molecule has 1 aromatic heterocycles. The lowest BCUT2D eigenvalue weighted by Crippen LogP contribution is -2.34. The lowest BCUT2D eigenvalue weighted by molar-refractivity contribution is 0.566. The molecule has 3 heteroatoms. The van der Waals surface area contributed by atoms with Crippen LogP contribution < -0.4 is 10.6 Å². The summed E-state index contributed by atoms with van der Waals surface area (Å²) in [4.78, 5) is 6.75. The first kappa shape index (κ1) is 12.8. The Kier molecular flexibility index (Phi) is 4.16. The molecule has 2 N–H and O–H groups in total. The highest BCUT2D eigenvalue weighted by molar-refractivity contribution is 5.55. The van der Waals surface area contributed by atoms with Crippen molar-refractivity contribution in [3.63, 3.8) is 0 Å². The number of rotatable bonds is 4. The molecule has 16 heavy (non-hydrogen) atoms. The van der Waals surface area contributed by atoms with Gasteiger partial charge in [-0.25, -0.2) is 4.98 Å². The fourth-order valence-electron chi connectivity index (χ4n) is 1.65. The van der Waals surface area contributed by atoms with E-state index in [0.29, 0.717) is 12.0 Å². The van der Waals surface area contributed by atoms with E-state index in [2.05, 4.69) is 37.6 Å². The number of pyridine rings is 1. The maximum absolute atomic E-state index is 5.92. The zero-order valence-electron chi connectivity index (χ0n) is 11.0. The summed E-state index contributed by atoms with van der Waals surface area (Å²) in [6, 6.07) is 2.41. The Bertz CT molecular complexity index is 345. The molecule has 0 aliphatic rings. The molecular formula is C13H23N3. The largest absolute Gasteiger partial charge is 0.398 e. The van der Waals surface area contributed by atoms with E-state index in [1.807, 2.05) is 19.2 Å². The lowest BCUT2D eigenvalue weighted by Gasteiger charge is -2.29. The van der Waals surface area contributed by atoms with Gasteiger partial charge in [0.2, 0.25) is 0 Å². The SMILES string of the molecule is Cc1cnc(N(CC(C)C)C(C)C)cc1N. The van der Waals surface area contributed by atoms with Crippen LogP contribution in [0.4, 0.5) is 11.5 Å². The second kappa shape index (κ2) is 5.19. The maximum Gasteiger partial charge on any atom is 0.130 e.